The minimum Gasteiger partial charge on any atom is -0.481 e. The SMILES string of the molecule is CC1CCc2c(sc3nc(CN(C)C)n(CCC(=O)O)c(=O)c23)C1. The van der Waals surface area contributed by atoms with Crippen LogP contribution in [0.1, 0.15) is 36.0 Å². The largest absolute Gasteiger partial charge is 0.481 e. The maximum absolute atomic E-state index is 13.1. The van der Waals surface area contributed by atoms with E-state index in [-0.39, 0.29) is 18.5 Å². The smallest absolute Gasteiger partial charge is 0.305 e. The average molecular weight is 349 g/mol. The Morgan fingerprint density at radius 1 is 1.46 bits per heavy atom. The number of nitrogens with zero attached hydrogens (tertiary/aromatic N) is 3. The molecule has 1 N–H and O–H groups in total. The second-order valence-corrected chi connectivity index (χ2v) is 7.98. The van der Waals surface area contributed by atoms with Gasteiger partial charge in [-0.3, -0.25) is 14.2 Å². The van der Waals surface area contributed by atoms with Crippen LogP contribution in [-0.4, -0.2) is 39.6 Å². The molecule has 24 heavy (non-hydrogen) atoms. The van der Waals surface area contributed by atoms with Crippen molar-refractivity contribution in [1.29, 1.82) is 0 Å². The Kier molecular flexibility index (Phi) is 4.73. The number of aromatic nitrogens is 2. The third-order valence-electron chi connectivity index (χ3n) is 4.50. The van der Waals surface area contributed by atoms with Gasteiger partial charge in [-0.1, -0.05) is 6.92 Å². The minimum atomic E-state index is -0.904. The molecule has 130 valence electrons. The number of carboxylic acid groups (broad SMARTS) is 1. The molecule has 0 aliphatic heterocycles. The van der Waals surface area contributed by atoms with Crippen LogP contribution in [0.25, 0.3) is 10.2 Å². The molecule has 1 aliphatic carbocycles. The highest BCUT2D eigenvalue weighted by atomic mass is 32.1. The van der Waals surface area contributed by atoms with Crippen molar-refractivity contribution in [3.8, 4) is 0 Å². The molecule has 2 aromatic heterocycles. The summed E-state index contributed by atoms with van der Waals surface area (Å²) in [7, 11) is 3.83. The Morgan fingerprint density at radius 3 is 2.88 bits per heavy atom. The highest BCUT2D eigenvalue weighted by molar-refractivity contribution is 7.18. The van der Waals surface area contributed by atoms with Crippen LogP contribution in [0.2, 0.25) is 0 Å². The van der Waals surface area contributed by atoms with Crippen molar-refractivity contribution >= 4 is 27.5 Å². The van der Waals surface area contributed by atoms with Crippen molar-refractivity contribution in [3.63, 3.8) is 0 Å². The van der Waals surface area contributed by atoms with Gasteiger partial charge in [-0.2, -0.15) is 0 Å². The number of aryl methyl sites for hydroxylation is 1. The molecule has 3 rings (SSSR count). The van der Waals surface area contributed by atoms with Gasteiger partial charge in [0, 0.05) is 11.4 Å². The normalized spacial score (nSPS) is 17.4. The molecular weight excluding hydrogens is 326 g/mol. The van der Waals surface area contributed by atoms with E-state index in [1.54, 1.807) is 15.9 Å². The highest BCUT2D eigenvalue weighted by Crippen LogP contribution is 2.35. The predicted molar refractivity (Wildman–Crippen MR) is 94.7 cm³/mol. The monoisotopic (exact) mass is 349 g/mol. The molecule has 1 unspecified atom stereocenters. The zero-order chi connectivity index (χ0) is 17.4. The highest BCUT2D eigenvalue weighted by Gasteiger charge is 2.24. The summed E-state index contributed by atoms with van der Waals surface area (Å²) in [4.78, 5) is 32.8. The number of thiophene rings is 1. The van der Waals surface area contributed by atoms with Gasteiger partial charge < -0.3 is 10.0 Å². The van der Waals surface area contributed by atoms with E-state index in [0.29, 0.717) is 18.3 Å². The topological polar surface area (TPSA) is 75.4 Å². The Balaban J connectivity index is 2.16. The molecule has 7 heteroatoms. The molecular formula is C17H23N3O3S. The molecule has 0 radical (unpaired) electrons. The summed E-state index contributed by atoms with van der Waals surface area (Å²) >= 11 is 1.63. The number of aliphatic carboxylic acids is 1. The van der Waals surface area contributed by atoms with Gasteiger partial charge in [0.25, 0.3) is 5.56 Å². The summed E-state index contributed by atoms with van der Waals surface area (Å²) in [5.41, 5.74) is 1.07. The van der Waals surface area contributed by atoms with Crippen LogP contribution in [0.4, 0.5) is 0 Å². The number of carbonyl (C=O) groups is 1. The van der Waals surface area contributed by atoms with Crippen LogP contribution < -0.4 is 5.56 Å². The van der Waals surface area contributed by atoms with Gasteiger partial charge in [-0.05, 0) is 44.8 Å². The second-order valence-electron chi connectivity index (χ2n) is 6.90. The van der Waals surface area contributed by atoms with Crippen LogP contribution in [0.5, 0.6) is 0 Å². The van der Waals surface area contributed by atoms with Crippen molar-refractivity contribution in [1.82, 2.24) is 14.5 Å². The first-order valence-electron chi connectivity index (χ1n) is 8.27. The quantitative estimate of drug-likeness (QED) is 0.895. The maximum Gasteiger partial charge on any atom is 0.305 e. The van der Waals surface area contributed by atoms with E-state index >= 15 is 0 Å². The summed E-state index contributed by atoms with van der Waals surface area (Å²) in [6, 6.07) is 0. The lowest BCUT2D eigenvalue weighted by molar-refractivity contribution is -0.137. The molecule has 0 amide bonds. The Labute approximate surface area is 144 Å². The third kappa shape index (κ3) is 3.23. The Morgan fingerprint density at radius 2 is 2.21 bits per heavy atom. The van der Waals surface area contributed by atoms with Crippen molar-refractivity contribution in [2.45, 2.75) is 45.7 Å². The van der Waals surface area contributed by atoms with Gasteiger partial charge in [-0.15, -0.1) is 11.3 Å². The van der Waals surface area contributed by atoms with Crippen LogP contribution in [-0.2, 0) is 30.7 Å². The van der Waals surface area contributed by atoms with Crippen molar-refractivity contribution < 1.29 is 9.90 Å². The van der Waals surface area contributed by atoms with Crippen LogP contribution in [0.15, 0.2) is 4.79 Å². The first-order valence-corrected chi connectivity index (χ1v) is 9.09. The molecule has 0 bridgehead atoms. The molecule has 2 aromatic rings. The fraction of sp³-hybridized carbons (Fsp3) is 0.588. The van der Waals surface area contributed by atoms with E-state index in [1.165, 1.54) is 4.88 Å². The summed E-state index contributed by atoms with van der Waals surface area (Å²) in [5.74, 6) is 0.380. The maximum atomic E-state index is 13.1. The second kappa shape index (κ2) is 6.64. The lowest BCUT2D eigenvalue weighted by Crippen LogP contribution is -2.29. The molecule has 0 spiro atoms. The number of rotatable bonds is 5. The Bertz CT molecular complexity index is 838. The molecule has 0 fully saturated rings. The van der Waals surface area contributed by atoms with Crippen LogP contribution in [0.3, 0.4) is 0 Å². The zero-order valence-electron chi connectivity index (χ0n) is 14.3. The predicted octanol–water partition coefficient (Wildman–Crippen LogP) is 2.12. The van der Waals surface area contributed by atoms with E-state index in [4.69, 9.17) is 10.1 Å². The molecule has 0 saturated carbocycles. The molecule has 1 aliphatic rings. The van der Waals surface area contributed by atoms with E-state index < -0.39 is 5.97 Å². The average Bonchev–Trinajstić information content (AvgIpc) is 2.83. The number of carboxylic acids is 1. The molecule has 1 atom stereocenters. The molecule has 2 heterocycles. The summed E-state index contributed by atoms with van der Waals surface area (Å²) < 4.78 is 1.56. The standard InChI is InChI=1S/C17H23N3O3S/c1-10-4-5-11-12(8-10)24-16-15(11)17(23)20(7-6-14(21)22)13(18-16)9-19(2)3/h10H,4-9H2,1-3H3,(H,21,22). The lowest BCUT2D eigenvalue weighted by atomic mass is 9.89. The van der Waals surface area contributed by atoms with E-state index in [2.05, 4.69) is 6.92 Å². The van der Waals surface area contributed by atoms with Gasteiger partial charge in [0.15, 0.2) is 0 Å². The van der Waals surface area contributed by atoms with Crippen molar-refractivity contribution in [3.05, 3.63) is 26.6 Å². The number of fused-ring (bicyclic) bond motifs is 3. The number of hydrogen-bond acceptors (Lipinski definition) is 5. The van der Waals surface area contributed by atoms with Crippen LogP contribution >= 0.6 is 11.3 Å². The Hall–Kier alpha value is -1.73. The van der Waals surface area contributed by atoms with Crippen molar-refractivity contribution in [2.75, 3.05) is 14.1 Å². The van der Waals surface area contributed by atoms with Gasteiger partial charge in [0.2, 0.25) is 0 Å². The fourth-order valence-electron chi connectivity index (χ4n) is 3.31. The molecule has 0 saturated heterocycles. The van der Waals surface area contributed by atoms with Gasteiger partial charge in [-0.25, -0.2) is 4.98 Å². The fourth-order valence-corrected chi connectivity index (χ4v) is 4.70. The van der Waals surface area contributed by atoms with E-state index in [0.717, 1.165) is 35.0 Å². The van der Waals surface area contributed by atoms with Gasteiger partial charge in [0.1, 0.15) is 10.7 Å². The molecule has 6 nitrogen and oxygen atoms in total. The third-order valence-corrected chi connectivity index (χ3v) is 5.65. The van der Waals surface area contributed by atoms with Crippen LogP contribution in [0, 0.1) is 5.92 Å². The summed E-state index contributed by atoms with van der Waals surface area (Å²) in [5, 5.41) is 9.71. The first kappa shape index (κ1) is 17.1. The summed E-state index contributed by atoms with van der Waals surface area (Å²) in [6.45, 7) is 2.93. The van der Waals surface area contributed by atoms with Crippen molar-refractivity contribution in [2.24, 2.45) is 5.92 Å². The van der Waals surface area contributed by atoms with E-state index in [9.17, 15) is 9.59 Å². The lowest BCUT2D eigenvalue weighted by Gasteiger charge is -2.18. The summed E-state index contributed by atoms with van der Waals surface area (Å²) in [6.07, 6.45) is 2.94. The van der Waals surface area contributed by atoms with Gasteiger partial charge in [0.05, 0.1) is 18.4 Å². The molecule has 0 aromatic carbocycles. The van der Waals surface area contributed by atoms with Gasteiger partial charge >= 0.3 is 5.97 Å². The zero-order valence-corrected chi connectivity index (χ0v) is 15.2. The van der Waals surface area contributed by atoms with E-state index in [1.807, 2.05) is 19.0 Å². The number of hydrogen-bond donors (Lipinski definition) is 1. The first-order chi connectivity index (χ1) is 11.4. The minimum absolute atomic E-state index is 0.0725.